The molecular weight excluding hydrogens is 366 g/mol. The lowest BCUT2D eigenvalue weighted by Gasteiger charge is -2.18. The Kier molecular flexibility index (Phi) is 7.72. The Morgan fingerprint density at radius 2 is 2.07 bits per heavy atom. The minimum absolute atomic E-state index is 0.0567. The molecule has 2 atom stereocenters. The molecule has 1 saturated heterocycles. The molecule has 1 fully saturated rings. The van der Waals surface area contributed by atoms with Crippen molar-refractivity contribution in [1.29, 1.82) is 0 Å². The van der Waals surface area contributed by atoms with E-state index in [-0.39, 0.29) is 42.6 Å². The lowest BCUT2D eigenvalue weighted by molar-refractivity contribution is -0.143. The van der Waals surface area contributed by atoms with Crippen molar-refractivity contribution in [2.24, 2.45) is 5.92 Å². The summed E-state index contributed by atoms with van der Waals surface area (Å²) in [7, 11) is 0. The molecular formula is C19H25N3O4S. The van der Waals surface area contributed by atoms with Gasteiger partial charge in [-0.05, 0) is 44.5 Å². The van der Waals surface area contributed by atoms with E-state index >= 15 is 0 Å². The Bertz CT molecular complexity index is 693. The lowest BCUT2D eigenvalue weighted by atomic mass is 10.0. The minimum Gasteiger partial charge on any atom is -0.466 e. The Morgan fingerprint density at radius 3 is 2.70 bits per heavy atom. The van der Waals surface area contributed by atoms with E-state index in [9.17, 15) is 14.4 Å². The van der Waals surface area contributed by atoms with Crippen LogP contribution in [0.4, 0.5) is 11.4 Å². The third-order valence-corrected chi connectivity index (χ3v) is 4.46. The first-order chi connectivity index (χ1) is 12.9. The van der Waals surface area contributed by atoms with Crippen LogP contribution in [0.15, 0.2) is 24.3 Å². The molecule has 2 amide bonds. The number of carbonyl (C=O) groups is 3. The van der Waals surface area contributed by atoms with Crippen LogP contribution in [0, 0.1) is 5.92 Å². The molecule has 1 heterocycles. The monoisotopic (exact) mass is 391 g/mol. The molecule has 27 heavy (non-hydrogen) atoms. The number of thiocarbonyl (C=S) groups is 1. The molecule has 2 rings (SSSR count). The topological polar surface area (TPSA) is 87.7 Å². The highest BCUT2D eigenvalue weighted by Crippen LogP contribution is 2.28. The third-order valence-electron chi connectivity index (χ3n) is 4.34. The zero-order valence-corrected chi connectivity index (χ0v) is 16.4. The molecule has 0 radical (unpaired) electrons. The summed E-state index contributed by atoms with van der Waals surface area (Å²) in [5.74, 6) is -0.982. The predicted molar refractivity (Wildman–Crippen MR) is 108 cm³/mol. The zero-order valence-electron chi connectivity index (χ0n) is 15.6. The molecule has 1 aliphatic rings. The second kappa shape index (κ2) is 10.0. The van der Waals surface area contributed by atoms with Gasteiger partial charge in [-0.2, -0.15) is 0 Å². The fourth-order valence-corrected chi connectivity index (χ4v) is 3.20. The Labute approximate surface area is 164 Å². The number of nitrogens with one attached hydrogen (secondary N) is 2. The van der Waals surface area contributed by atoms with Crippen LogP contribution in [0.3, 0.4) is 0 Å². The van der Waals surface area contributed by atoms with Crippen molar-refractivity contribution in [2.45, 2.75) is 39.2 Å². The van der Waals surface area contributed by atoms with Crippen molar-refractivity contribution < 1.29 is 19.1 Å². The number of rotatable bonds is 9. The average molecular weight is 391 g/mol. The Balaban J connectivity index is 1.86. The molecule has 146 valence electrons. The summed E-state index contributed by atoms with van der Waals surface area (Å²) in [6, 6.07) is 7.07. The van der Waals surface area contributed by atoms with Crippen LogP contribution in [-0.4, -0.2) is 42.5 Å². The van der Waals surface area contributed by atoms with Gasteiger partial charge in [0.25, 0.3) is 0 Å². The molecule has 8 heteroatoms. The van der Waals surface area contributed by atoms with Gasteiger partial charge in [-0.1, -0.05) is 12.2 Å². The summed E-state index contributed by atoms with van der Waals surface area (Å²) in [4.78, 5) is 38.0. The summed E-state index contributed by atoms with van der Waals surface area (Å²) in [6.45, 7) is 4.37. The van der Waals surface area contributed by atoms with Crippen LogP contribution in [0.1, 0.15) is 33.1 Å². The summed E-state index contributed by atoms with van der Waals surface area (Å²) in [5.41, 5.74) is 3.08. The molecule has 2 unspecified atom stereocenters. The maximum absolute atomic E-state index is 12.6. The van der Waals surface area contributed by atoms with Crippen molar-refractivity contribution >= 4 is 46.9 Å². The molecule has 1 aromatic carbocycles. The van der Waals surface area contributed by atoms with E-state index in [0.29, 0.717) is 19.6 Å². The molecule has 1 aromatic rings. The number of ether oxygens (including phenoxy) is 1. The summed E-state index contributed by atoms with van der Waals surface area (Å²) >= 11 is 4.75. The van der Waals surface area contributed by atoms with Gasteiger partial charge in [-0.3, -0.25) is 14.4 Å². The number of anilines is 2. The molecule has 0 aromatic heterocycles. The molecule has 1 aliphatic heterocycles. The first kappa shape index (κ1) is 20.8. The quantitative estimate of drug-likeness (QED) is 0.496. The van der Waals surface area contributed by atoms with Gasteiger partial charge in [0.1, 0.15) is 0 Å². The number of esters is 1. The highest BCUT2D eigenvalue weighted by Gasteiger charge is 2.34. The smallest absolute Gasteiger partial charge is 0.307 e. The maximum atomic E-state index is 12.6. The third kappa shape index (κ3) is 6.02. The number of nitrogens with zero attached hydrogens (tertiary/aromatic N) is 1. The molecule has 7 nitrogen and oxygen atoms in total. The number of hydrogen-bond donors (Lipinski definition) is 2. The van der Waals surface area contributed by atoms with E-state index < -0.39 is 0 Å². The van der Waals surface area contributed by atoms with Gasteiger partial charge < -0.3 is 20.3 Å². The van der Waals surface area contributed by atoms with E-state index in [1.807, 2.05) is 24.3 Å². The predicted octanol–water partition coefficient (Wildman–Crippen LogP) is 2.26. The number of carbonyl (C=O) groups excluding carboxylic acids is 3. The van der Waals surface area contributed by atoms with Crippen LogP contribution >= 0.6 is 12.2 Å². The van der Waals surface area contributed by atoms with Crippen LogP contribution in [0.25, 0.3) is 0 Å². The van der Waals surface area contributed by atoms with Crippen LogP contribution < -0.4 is 15.5 Å². The van der Waals surface area contributed by atoms with Gasteiger partial charge in [-0.15, -0.1) is 0 Å². The second-order valence-electron chi connectivity index (χ2n) is 6.47. The van der Waals surface area contributed by atoms with Crippen LogP contribution in [0.5, 0.6) is 0 Å². The summed E-state index contributed by atoms with van der Waals surface area (Å²) < 4.78 is 4.87. The van der Waals surface area contributed by atoms with Crippen molar-refractivity contribution in [2.75, 3.05) is 23.4 Å². The zero-order chi connectivity index (χ0) is 19.8. The van der Waals surface area contributed by atoms with Crippen LogP contribution in [0.2, 0.25) is 0 Å². The molecule has 0 aliphatic carbocycles. The highest BCUT2D eigenvalue weighted by atomic mass is 32.1. The Hall–Kier alpha value is -2.48. The van der Waals surface area contributed by atoms with E-state index in [4.69, 9.17) is 17.0 Å². The molecule has 2 N–H and O–H groups in total. The van der Waals surface area contributed by atoms with Gasteiger partial charge in [-0.25, -0.2) is 0 Å². The van der Waals surface area contributed by atoms with Crippen molar-refractivity contribution in [3.05, 3.63) is 24.3 Å². The van der Waals surface area contributed by atoms with E-state index in [1.54, 1.807) is 18.7 Å². The SMILES string of the molecule is CCOC(=O)CC(C)NC(=O)CC1CCN(c2ccc(NC=S)cc2)C1=O. The maximum Gasteiger partial charge on any atom is 0.307 e. The molecule has 0 saturated carbocycles. The first-order valence-corrected chi connectivity index (χ1v) is 9.48. The Morgan fingerprint density at radius 1 is 1.37 bits per heavy atom. The van der Waals surface area contributed by atoms with Gasteiger partial charge >= 0.3 is 5.97 Å². The minimum atomic E-state index is -0.349. The number of hydrogen-bond acceptors (Lipinski definition) is 5. The van der Waals surface area contributed by atoms with E-state index in [1.165, 1.54) is 5.49 Å². The van der Waals surface area contributed by atoms with Gasteiger partial charge in [0.15, 0.2) is 0 Å². The van der Waals surface area contributed by atoms with Crippen molar-refractivity contribution in [3.8, 4) is 0 Å². The van der Waals surface area contributed by atoms with Crippen LogP contribution in [-0.2, 0) is 19.1 Å². The van der Waals surface area contributed by atoms with Crippen molar-refractivity contribution in [1.82, 2.24) is 5.32 Å². The highest BCUT2D eigenvalue weighted by molar-refractivity contribution is 7.79. The standard InChI is InChI=1S/C19H25N3O4S/c1-3-26-18(24)10-13(2)21-17(23)11-14-8-9-22(19(14)25)16-6-4-15(5-7-16)20-12-27/h4-7,12-14H,3,8-11H2,1-2H3,(H,20,27)(H,21,23). The molecule has 0 bridgehead atoms. The van der Waals surface area contributed by atoms with Gasteiger partial charge in [0.05, 0.1) is 18.5 Å². The average Bonchev–Trinajstić information content (AvgIpc) is 2.96. The second-order valence-corrected chi connectivity index (χ2v) is 6.70. The molecule has 0 spiro atoms. The van der Waals surface area contributed by atoms with Gasteiger partial charge in [0, 0.05) is 36.3 Å². The summed E-state index contributed by atoms with van der Waals surface area (Å²) in [6.07, 6.45) is 0.859. The fourth-order valence-electron chi connectivity index (χ4n) is 3.07. The van der Waals surface area contributed by atoms with E-state index in [0.717, 1.165) is 11.4 Å². The van der Waals surface area contributed by atoms with E-state index in [2.05, 4.69) is 10.6 Å². The summed E-state index contributed by atoms with van der Waals surface area (Å²) in [5, 5.41) is 5.67. The fraction of sp³-hybridized carbons (Fsp3) is 0.474. The van der Waals surface area contributed by atoms with Gasteiger partial charge in [0.2, 0.25) is 11.8 Å². The lowest BCUT2D eigenvalue weighted by Crippen LogP contribution is -2.37. The first-order valence-electron chi connectivity index (χ1n) is 9.01. The largest absolute Gasteiger partial charge is 0.466 e. The number of amides is 2. The number of benzene rings is 1. The normalized spacial score (nSPS) is 17.3. The van der Waals surface area contributed by atoms with Crippen molar-refractivity contribution in [3.63, 3.8) is 0 Å².